The SMILES string of the molecule is COc1cc(/C=N/NC(=O)c2cc3cc(Cl)ccc3o2)cc(I)c1OCc1cccc(F)c1. The van der Waals surface area contributed by atoms with Gasteiger partial charge in [0.25, 0.3) is 0 Å². The minimum Gasteiger partial charge on any atom is -0.493 e. The Kier molecular flexibility index (Phi) is 7.14. The molecule has 3 aromatic carbocycles. The Bertz CT molecular complexity index is 1360. The number of furan rings is 1. The Morgan fingerprint density at radius 3 is 2.85 bits per heavy atom. The lowest BCUT2D eigenvalue weighted by Gasteiger charge is -2.13. The standard InChI is InChI=1S/C24H17ClFIN2O4/c1-31-21-9-15(8-19(27)23(21)32-13-14-3-2-4-18(26)7-14)12-28-29-24(30)22-11-16-10-17(25)5-6-20(16)33-22/h2-12H,13H2,1H3,(H,29,30)/b28-12+. The van der Waals surface area contributed by atoms with Gasteiger partial charge in [0, 0.05) is 10.4 Å². The van der Waals surface area contributed by atoms with Crippen molar-refractivity contribution in [1.29, 1.82) is 0 Å². The first-order valence-electron chi connectivity index (χ1n) is 9.70. The van der Waals surface area contributed by atoms with Crippen molar-refractivity contribution in [1.82, 2.24) is 5.43 Å². The third kappa shape index (κ3) is 5.63. The minimum atomic E-state index is -0.490. The van der Waals surface area contributed by atoms with E-state index in [1.54, 1.807) is 42.5 Å². The number of fused-ring (bicyclic) bond motifs is 1. The molecule has 4 aromatic rings. The number of carbonyl (C=O) groups excluding carboxylic acids is 1. The maximum Gasteiger partial charge on any atom is 0.307 e. The molecule has 33 heavy (non-hydrogen) atoms. The van der Waals surface area contributed by atoms with Crippen molar-refractivity contribution in [3.05, 3.63) is 92.0 Å². The molecule has 0 saturated heterocycles. The van der Waals surface area contributed by atoms with E-state index in [2.05, 4.69) is 33.1 Å². The normalized spacial score (nSPS) is 11.2. The van der Waals surface area contributed by atoms with E-state index in [1.807, 2.05) is 6.07 Å². The van der Waals surface area contributed by atoms with Crippen molar-refractivity contribution in [2.24, 2.45) is 5.10 Å². The lowest BCUT2D eigenvalue weighted by molar-refractivity contribution is 0.0929. The molecule has 9 heteroatoms. The highest BCUT2D eigenvalue weighted by molar-refractivity contribution is 14.1. The summed E-state index contributed by atoms with van der Waals surface area (Å²) in [6.45, 7) is 0.191. The molecule has 1 heterocycles. The Balaban J connectivity index is 1.44. The number of rotatable bonds is 7. The van der Waals surface area contributed by atoms with E-state index in [-0.39, 0.29) is 18.2 Å². The van der Waals surface area contributed by atoms with Crippen LogP contribution in [-0.2, 0) is 6.61 Å². The summed E-state index contributed by atoms with van der Waals surface area (Å²) >= 11 is 8.08. The lowest BCUT2D eigenvalue weighted by Crippen LogP contribution is -2.16. The average Bonchev–Trinajstić information content (AvgIpc) is 3.21. The van der Waals surface area contributed by atoms with Gasteiger partial charge in [-0.2, -0.15) is 5.10 Å². The van der Waals surface area contributed by atoms with Crippen molar-refractivity contribution >= 4 is 57.3 Å². The number of hydrazone groups is 1. The van der Waals surface area contributed by atoms with E-state index >= 15 is 0 Å². The maximum absolute atomic E-state index is 13.4. The number of amides is 1. The number of hydrogen-bond donors (Lipinski definition) is 1. The molecule has 0 unspecified atom stereocenters. The molecule has 0 bridgehead atoms. The van der Waals surface area contributed by atoms with Crippen LogP contribution in [0.2, 0.25) is 5.02 Å². The number of hydrogen-bond acceptors (Lipinski definition) is 5. The molecule has 0 radical (unpaired) electrons. The highest BCUT2D eigenvalue weighted by atomic mass is 127. The molecule has 168 valence electrons. The van der Waals surface area contributed by atoms with Crippen LogP contribution >= 0.6 is 34.2 Å². The van der Waals surface area contributed by atoms with Crippen LogP contribution in [0.4, 0.5) is 4.39 Å². The van der Waals surface area contributed by atoms with Gasteiger partial charge in [-0.3, -0.25) is 4.79 Å². The fourth-order valence-corrected chi connectivity index (χ4v) is 4.04. The largest absolute Gasteiger partial charge is 0.493 e. The molecule has 0 aliphatic carbocycles. The summed E-state index contributed by atoms with van der Waals surface area (Å²) in [5.41, 5.74) is 4.39. The van der Waals surface area contributed by atoms with Gasteiger partial charge in [-0.15, -0.1) is 0 Å². The molecule has 0 aliphatic rings. The molecular formula is C24H17ClFIN2O4. The zero-order valence-electron chi connectivity index (χ0n) is 17.3. The third-order valence-electron chi connectivity index (χ3n) is 4.61. The monoisotopic (exact) mass is 578 g/mol. The first-order chi connectivity index (χ1) is 15.9. The van der Waals surface area contributed by atoms with Crippen LogP contribution in [0, 0.1) is 9.39 Å². The topological polar surface area (TPSA) is 73.1 Å². The number of halogens is 3. The number of nitrogens with zero attached hydrogens (tertiary/aromatic N) is 1. The number of methoxy groups -OCH3 is 1. The summed E-state index contributed by atoms with van der Waals surface area (Å²) in [6, 6.07) is 16.5. The summed E-state index contributed by atoms with van der Waals surface area (Å²) in [7, 11) is 1.52. The van der Waals surface area contributed by atoms with Crippen LogP contribution < -0.4 is 14.9 Å². The smallest absolute Gasteiger partial charge is 0.307 e. The molecular weight excluding hydrogens is 562 g/mol. The van der Waals surface area contributed by atoms with Crippen LogP contribution in [-0.4, -0.2) is 19.2 Å². The molecule has 1 N–H and O–H groups in total. The molecule has 0 spiro atoms. The molecule has 4 rings (SSSR count). The first-order valence-corrected chi connectivity index (χ1v) is 11.2. The van der Waals surface area contributed by atoms with E-state index < -0.39 is 5.91 Å². The van der Waals surface area contributed by atoms with E-state index in [1.165, 1.54) is 25.5 Å². The van der Waals surface area contributed by atoms with Crippen molar-refractivity contribution in [3.8, 4) is 11.5 Å². The summed E-state index contributed by atoms with van der Waals surface area (Å²) in [5, 5.41) is 5.29. The van der Waals surface area contributed by atoms with Crippen molar-refractivity contribution in [3.63, 3.8) is 0 Å². The van der Waals surface area contributed by atoms with Crippen molar-refractivity contribution < 1.29 is 23.1 Å². The number of benzene rings is 3. The average molecular weight is 579 g/mol. The molecule has 0 saturated carbocycles. The maximum atomic E-state index is 13.4. The lowest BCUT2D eigenvalue weighted by atomic mass is 10.2. The van der Waals surface area contributed by atoms with Crippen molar-refractivity contribution in [2.45, 2.75) is 6.61 Å². The van der Waals surface area contributed by atoms with Gasteiger partial charge in [0.2, 0.25) is 0 Å². The van der Waals surface area contributed by atoms with Gasteiger partial charge in [-0.25, -0.2) is 9.82 Å². The molecule has 0 aliphatic heterocycles. The van der Waals surface area contributed by atoms with Gasteiger partial charge in [0.05, 0.1) is 16.9 Å². The number of carbonyl (C=O) groups is 1. The Hall–Kier alpha value is -3.11. The first kappa shape index (κ1) is 23.1. The Labute approximate surface area is 207 Å². The number of nitrogens with one attached hydrogen (secondary N) is 1. The van der Waals surface area contributed by atoms with Crippen LogP contribution in [0.25, 0.3) is 11.0 Å². The highest BCUT2D eigenvalue weighted by Gasteiger charge is 2.13. The third-order valence-corrected chi connectivity index (χ3v) is 5.64. The van der Waals surface area contributed by atoms with E-state index in [9.17, 15) is 9.18 Å². The highest BCUT2D eigenvalue weighted by Crippen LogP contribution is 2.34. The van der Waals surface area contributed by atoms with Gasteiger partial charge < -0.3 is 13.9 Å². The van der Waals surface area contributed by atoms with Gasteiger partial charge in [-0.05, 0) is 82.2 Å². The zero-order valence-corrected chi connectivity index (χ0v) is 20.2. The van der Waals surface area contributed by atoms with Crippen LogP contribution in [0.3, 0.4) is 0 Å². The molecule has 6 nitrogen and oxygen atoms in total. The molecule has 1 amide bonds. The molecule has 0 atom stereocenters. The van der Waals surface area contributed by atoms with Gasteiger partial charge >= 0.3 is 5.91 Å². The van der Waals surface area contributed by atoms with E-state index in [4.69, 9.17) is 25.5 Å². The molecule has 1 aromatic heterocycles. The summed E-state index contributed by atoms with van der Waals surface area (Å²) < 4.78 is 31.0. The summed E-state index contributed by atoms with van der Waals surface area (Å²) in [4.78, 5) is 12.4. The van der Waals surface area contributed by atoms with Gasteiger partial charge in [0.1, 0.15) is 18.0 Å². The number of ether oxygens (including phenoxy) is 2. The van der Waals surface area contributed by atoms with Crippen molar-refractivity contribution in [2.75, 3.05) is 7.11 Å². The quantitative estimate of drug-likeness (QED) is 0.161. The predicted octanol–water partition coefficient (Wildman–Crippen LogP) is 6.18. The Morgan fingerprint density at radius 1 is 1.21 bits per heavy atom. The zero-order chi connectivity index (χ0) is 23.4. The summed E-state index contributed by atoms with van der Waals surface area (Å²) in [5.74, 6) is 0.329. The minimum absolute atomic E-state index is 0.123. The van der Waals surface area contributed by atoms with Crippen LogP contribution in [0.15, 0.2) is 70.2 Å². The van der Waals surface area contributed by atoms with E-state index in [0.717, 1.165) is 8.96 Å². The van der Waals surface area contributed by atoms with E-state index in [0.29, 0.717) is 33.2 Å². The second-order valence-electron chi connectivity index (χ2n) is 6.94. The predicted molar refractivity (Wildman–Crippen MR) is 133 cm³/mol. The summed E-state index contributed by atoms with van der Waals surface area (Å²) in [6.07, 6.45) is 1.48. The van der Waals surface area contributed by atoms with Gasteiger partial charge in [-0.1, -0.05) is 23.7 Å². The van der Waals surface area contributed by atoms with Gasteiger partial charge in [0.15, 0.2) is 17.3 Å². The second-order valence-corrected chi connectivity index (χ2v) is 8.54. The fourth-order valence-electron chi connectivity index (χ4n) is 3.08. The fraction of sp³-hybridized carbons (Fsp3) is 0.0833. The van der Waals surface area contributed by atoms with Crippen LogP contribution in [0.5, 0.6) is 11.5 Å². The Morgan fingerprint density at radius 2 is 2.06 bits per heavy atom. The molecule has 0 fully saturated rings. The van der Waals surface area contributed by atoms with Crippen LogP contribution in [0.1, 0.15) is 21.7 Å². The second kappa shape index (κ2) is 10.2.